The maximum atomic E-state index is 12.3. The molecule has 0 aliphatic carbocycles. The van der Waals surface area contributed by atoms with E-state index in [0.29, 0.717) is 33.4 Å². The Balaban J connectivity index is 2.12. The van der Waals surface area contributed by atoms with E-state index in [-0.39, 0.29) is 11.8 Å². The number of carbonyl (C=O) groups is 2. The van der Waals surface area contributed by atoms with E-state index in [0.717, 1.165) is 5.56 Å². The van der Waals surface area contributed by atoms with E-state index >= 15 is 0 Å². The van der Waals surface area contributed by atoms with Crippen molar-refractivity contribution >= 4 is 46.4 Å². The number of hydrogen-bond donors (Lipinski definition) is 2. The highest BCUT2D eigenvalue weighted by molar-refractivity contribution is 6.36. The summed E-state index contributed by atoms with van der Waals surface area (Å²) in [6.07, 6.45) is 0.398. The lowest BCUT2D eigenvalue weighted by Gasteiger charge is -2.10. The Morgan fingerprint density at radius 3 is 2.26 bits per heavy atom. The van der Waals surface area contributed by atoms with Crippen LogP contribution in [0.5, 0.6) is 0 Å². The van der Waals surface area contributed by atoms with Gasteiger partial charge < -0.3 is 10.6 Å². The minimum Gasteiger partial charge on any atom is -0.326 e. The fourth-order valence-electron chi connectivity index (χ4n) is 1.89. The van der Waals surface area contributed by atoms with Crippen molar-refractivity contribution in [2.75, 3.05) is 10.6 Å². The molecule has 0 spiro atoms. The highest BCUT2D eigenvalue weighted by atomic mass is 35.5. The third-order valence-corrected chi connectivity index (χ3v) is 3.97. The number of hydrogen-bond acceptors (Lipinski definition) is 2. The van der Waals surface area contributed by atoms with Crippen LogP contribution >= 0.6 is 23.2 Å². The van der Waals surface area contributed by atoms with Gasteiger partial charge in [-0.1, -0.05) is 30.1 Å². The van der Waals surface area contributed by atoms with Crippen molar-refractivity contribution in [3.05, 3.63) is 57.6 Å². The number of rotatable bonds is 4. The van der Waals surface area contributed by atoms with Gasteiger partial charge in [0.25, 0.3) is 5.91 Å². The minimum atomic E-state index is -0.305. The molecule has 0 aliphatic rings. The summed E-state index contributed by atoms with van der Waals surface area (Å²) in [6.45, 7) is 3.61. The molecule has 2 aromatic carbocycles. The molecule has 23 heavy (non-hydrogen) atoms. The Bertz CT molecular complexity index is 743. The average Bonchev–Trinajstić information content (AvgIpc) is 2.53. The van der Waals surface area contributed by atoms with Gasteiger partial charge in [-0.15, -0.1) is 0 Å². The first-order valence-electron chi connectivity index (χ1n) is 7.07. The third kappa shape index (κ3) is 4.47. The largest absolute Gasteiger partial charge is 0.326 e. The lowest BCUT2D eigenvalue weighted by molar-refractivity contribution is -0.115. The van der Waals surface area contributed by atoms with Crippen LogP contribution < -0.4 is 10.6 Å². The third-order valence-electron chi connectivity index (χ3n) is 3.25. The molecule has 0 saturated carbocycles. The molecule has 120 valence electrons. The van der Waals surface area contributed by atoms with Gasteiger partial charge in [-0.3, -0.25) is 9.59 Å². The molecule has 0 fully saturated rings. The molecule has 6 heteroatoms. The normalized spacial score (nSPS) is 10.3. The van der Waals surface area contributed by atoms with Gasteiger partial charge in [0.15, 0.2) is 0 Å². The number of benzene rings is 2. The molecule has 2 aromatic rings. The summed E-state index contributed by atoms with van der Waals surface area (Å²) >= 11 is 12.2. The van der Waals surface area contributed by atoms with E-state index in [9.17, 15) is 9.59 Å². The van der Waals surface area contributed by atoms with Crippen molar-refractivity contribution in [3.8, 4) is 0 Å². The molecule has 0 aliphatic heterocycles. The fraction of sp³-hybridized carbons (Fsp3) is 0.176. The van der Waals surface area contributed by atoms with Gasteiger partial charge in [0.2, 0.25) is 5.91 Å². The molecule has 2 N–H and O–H groups in total. The number of nitrogens with one attached hydrogen (secondary N) is 2. The minimum absolute atomic E-state index is 0.0803. The van der Waals surface area contributed by atoms with E-state index in [1.54, 1.807) is 43.3 Å². The monoisotopic (exact) mass is 350 g/mol. The summed E-state index contributed by atoms with van der Waals surface area (Å²) in [6, 6.07) is 9.92. The van der Waals surface area contributed by atoms with Gasteiger partial charge in [-0.25, -0.2) is 0 Å². The first-order chi connectivity index (χ1) is 10.9. The molecule has 2 rings (SSSR count). The van der Waals surface area contributed by atoms with E-state index in [4.69, 9.17) is 23.2 Å². The summed E-state index contributed by atoms with van der Waals surface area (Å²) in [4.78, 5) is 23.6. The van der Waals surface area contributed by atoms with Crippen LogP contribution in [0, 0.1) is 6.92 Å². The van der Waals surface area contributed by atoms with Gasteiger partial charge in [-0.05, 0) is 48.9 Å². The fourth-order valence-corrected chi connectivity index (χ4v) is 2.32. The maximum Gasteiger partial charge on any atom is 0.255 e. The second-order valence-electron chi connectivity index (χ2n) is 5.01. The Kier molecular flexibility index (Phi) is 5.64. The molecule has 0 saturated heterocycles. The number of carbonyl (C=O) groups excluding carboxylic acids is 2. The first kappa shape index (κ1) is 17.3. The topological polar surface area (TPSA) is 58.2 Å². The number of amides is 2. The highest BCUT2D eigenvalue weighted by Crippen LogP contribution is 2.29. The molecule has 0 aromatic heterocycles. The van der Waals surface area contributed by atoms with Crippen LogP contribution in [0.15, 0.2) is 36.4 Å². The lowest BCUT2D eigenvalue weighted by atomic mass is 10.1. The van der Waals surface area contributed by atoms with Crippen LogP contribution in [0.25, 0.3) is 0 Å². The molecular formula is C17H16Cl2N2O2. The quantitative estimate of drug-likeness (QED) is 0.823. The molecule has 2 amide bonds. The molecule has 4 nitrogen and oxygen atoms in total. The van der Waals surface area contributed by atoms with Crippen molar-refractivity contribution in [1.29, 1.82) is 0 Å². The van der Waals surface area contributed by atoms with E-state index in [2.05, 4.69) is 10.6 Å². The molecule has 0 atom stereocenters. The summed E-state index contributed by atoms with van der Waals surface area (Å²) in [5.74, 6) is -0.386. The predicted molar refractivity (Wildman–Crippen MR) is 94.5 cm³/mol. The van der Waals surface area contributed by atoms with Gasteiger partial charge in [0.05, 0.1) is 10.7 Å². The Morgan fingerprint density at radius 2 is 1.65 bits per heavy atom. The van der Waals surface area contributed by atoms with Crippen molar-refractivity contribution in [2.24, 2.45) is 0 Å². The molecule has 0 heterocycles. The highest BCUT2D eigenvalue weighted by Gasteiger charge is 2.11. The zero-order valence-electron chi connectivity index (χ0n) is 12.7. The van der Waals surface area contributed by atoms with Crippen LogP contribution in [-0.4, -0.2) is 11.8 Å². The van der Waals surface area contributed by atoms with E-state index in [1.807, 2.05) is 6.92 Å². The number of halogens is 2. The number of anilines is 2. The zero-order valence-corrected chi connectivity index (χ0v) is 14.3. The lowest BCUT2D eigenvalue weighted by Crippen LogP contribution is -2.13. The summed E-state index contributed by atoms with van der Waals surface area (Å²) < 4.78 is 0. The standard InChI is InChI=1S/C17H16Cl2N2O2/c1-3-16(22)20-12-6-4-11(5-7-12)17(23)21-15-9-13(18)10(2)8-14(15)19/h4-9H,3H2,1-2H3,(H,20,22)(H,21,23). The SMILES string of the molecule is CCC(=O)Nc1ccc(C(=O)Nc2cc(Cl)c(C)cc2Cl)cc1. The Labute approximate surface area is 144 Å². The smallest absolute Gasteiger partial charge is 0.255 e. The van der Waals surface area contributed by atoms with Crippen LogP contribution in [0.4, 0.5) is 11.4 Å². The van der Waals surface area contributed by atoms with E-state index in [1.165, 1.54) is 0 Å². The number of aryl methyl sites for hydroxylation is 1. The van der Waals surface area contributed by atoms with Gasteiger partial charge in [-0.2, -0.15) is 0 Å². The predicted octanol–water partition coefficient (Wildman–Crippen LogP) is 4.90. The van der Waals surface area contributed by atoms with Crippen LogP contribution in [-0.2, 0) is 4.79 Å². The zero-order chi connectivity index (χ0) is 17.0. The van der Waals surface area contributed by atoms with E-state index < -0.39 is 0 Å². The molecule has 0 radical (unpaired) electrons. The van der Waals surface area contributed by atoms with Gasteiger partial charge in [0, 0.05) is 22.7 Å². The summed E-state index contributed by atoms with van der Waals surface area (Å²) in [5.41, 5.74) is 2.39. The summed E-state index contributed by atoms with van der Waals surface area (Å²) in [7, 11) is 0. The average molecular weight is 351 g/mol. The maximum absolute atomic E-state index is 12.3. The Morgan fingerprint density at radius 1 is 1.00 bits per heavy atom. The van der Waals surface area contributed by atoms with Gasteiger partial charge >= 0.3 is 0 Å². The first-order valence-corrected chi connectivity index (χ1v) is 7.83. The molecular weight excluding hydrogens is 335 g/mol. The molecule has 0 bridgehead atoms. The van der Waals surface area contributed by atoms with Crippen molar-refractivity contribution < 1.29 is 9.59 Å². The Hall–Kier alpha value is -2.04. The van der Waals surface area contributed by atoms with Crippen molar-refractivity contribution in [1.82, 2.24) is 0 Å². The summed E-state index contributed by atoms with van der Waals surface area (Å²) in [5, 5.41) is 6.40. The second kappa shape index (κ2) is 7.49. The van der Waals surface area contributed by atoms with Crippen LogP contribution in [0.3, 0.4) is 0 Å². The van der Waals surface area contributed by atoms with Gasteiger partial charge in [0.1, 0.15) is 0 Å². The van der Waals surface area contributed by atoms with Crippen LogP contribution in [0.1, 0.15) is 29.3 Å². The molecule has 0 unspecified atom stereocenters. The van der Waals surface area contributed by atoms with Crippen LogP contribution in [0.2, 0.25) is 10.0 Å². The van der Waals surface area contributed by atoms with Crippen molar-refractivity contribution in [2.45, 2.75) is 20.3 Å². The second-order valence-corrected chi connectivity index (χ2v) is 5.83. The van der Waals surface area contributed by atoms with Crippen molar-refractivity contribution in [3.63, 3.8) is 0 Å².